The molecule has 5 atom stereocenters. The summed E-state index contributed by atoms with van der Waals surface area (Å²) in [5, 5.41) is 27.6. The summed E-state index contributed by atoms with van der Waals surface area (Å²) in [6.07, 6.45) is -2.02. The number of benzene rings is 2. The zero-order chi connectivity index (χ0) is 23.1. The van der Waals surface area contributed by atoms with Gasteiger partial charge in [-0.1, -0.05) is 18.2 Å². The number of fused-ring (bicyclic) bond motifs is 2. The molecule has 2 heterocycles. The molecule has 1 amide bonds. The Hall–Kier alpha value is -3.08. The highest BCUT2D eigenvalue weighted by Crippen LogP contribution is 2.41. The van der Waals surface area contributed by atoms with Crippen LogP contribution >= 0.6 is 12.2 Å². The van der Waals surface area contributed by atoms with Crippen molar-refractivity contribution in [3.05, 3.63) is 48.0 Å². The van der Waals surface area contributed by atoms with Crippen molar-refractivity contribution in [2.45, 2.75) is 37.3 Å². The summed E-state index contributed by atoms with van der Waals surface area (Å²) in [4.78, 5) is 15.2. The van der Waals surface area contributed by atoms with Crippen LogP contribution in [-0.4, -0.2) is 59.4 Å². The van der Waals surface area contributed by atoms with Crippen LogP contribution in [0.25, 0.3) is 0 Å². The SMILES string of the molecule is COc1ccccc1CNC(=O)C1CC(O)C(O)C2NC(=S)N(c3ccc4c(c3)OCO4)C12. The monoisotopic (exact) mass is 471 g/mol. The van der Waals surface area contributed by atoms with E-state index in [2.05, 4.69) is 10.6 Å². The van der Waals surface area contributed by atoms with E-state index in [0.717, 1.165) is 11.3 Å². The molecular formula is C23H25N3O6S. The zero-order valence-electron chi connectivity index (χ0n) is 17.9. The molecule has 9 nitrogen and oxygen atoms in total. The van der Waals surface area contributed by atoms with Gasteiger partial charge in [0, 0.05) is 23.9 Å². The van der Waals surface area contributed by atoms with Gasteiger partial charge in [-0.3, -0.25) is 4.79 Å². The number of carbonyl (C=O) groups is 1. The second-order valence-electron chi connectivity index (χ2n) is 8.30. The maximum absolute atomic E-state index is 13.3. The van der Waals surface area contributed by atoms with E-state index >= 15 is 0 Å². The van der Waals surface area contributed by atoms with Gasteiger partial charge in [0.25, 0.3) is 0 Å². The number of anilines is 1. The molecule has 33 heavy (non-hydrogen) atoms. The second-order valence-corrected chi connectivity index (χ2v) is 8.69. The number of hydrogen-bond donors (Lipinski definition) is 4. The number of ether oxygens (including phenoxy) is 3. The normalized spacial score (nSPS) is 27.7. The Labute approximate surface area is 196 Å². The Bertz CT molecular complexity index is 1080. The predicted molar refractivity (Wildman–Crippen MR) is 123 cm³/mol. The summed E-state index contributed by atoms with van der Waals surface area (Å²) in [7, 11) is 1.58. The summed E-state index contributed by atoms with van der Waals surface area (Å²) in [6.45, 7) is 0.420. The molecule has 2 fully saturated rings. The van der Waals surface area contributed by atoms with Crippen LogP contribution < -0.4 is 29.7 Å². The Morgan fingerprint density at radius 2 is 2.03 bits per heavy atom. The maximum Gasteiger partial charge on any atom is 0.231 e. The molecule has 0 spiro atoms. The number of para-hydroxylation sites is 1. The van der Waals surface area contributed by atoms with E-state index < -0.39 is 30.2 Å². The minimum absolute atomic E-state index is 0.103. The van der Waals surface area contributed by atoms with Gasteiger partial charge < -0.3 is 40.0 Å². The van der Waals surface area contributed by atoms with E-state index in [4.69, 9.17) is 26.4 Å². The van der Waals surface area contributed by atoms with Crippen molar-refractivity contribution in [1.29, 1.82) is 0 Å². The van der Waals surface area contributed by atoms with E-state index in [1.54, 1.807) is 19.2 Å². The van der Waals surface area contributed by atoms with Crippen LogP contribution in [0.4, 0.5) is 5.69 Å². The van der Waals surface area contributed by atoms with Gasteiger partial charge in [0.15, 0.2) is 16.6 Å². The minimum Gasteiger partial charge on any atom is -0.496 e. The molecule has 2 aromatic rings. The Balaban J connectivity index is 1.42. The number of amides is 1. The summed E-state index contributed by atoms with van der Waals surface area (Å²) in [6, 6.07) is 11.8. The first kappa shape index (κ1) is 21.7. The van der Waals surface area contributed by atoms with Gasteiger partial charge >= 0.3 is 0 Å². The Morgan fingerprint density at radius 1 is 1.24 bits per heavy atom. The third-order valence-electron chi connectivity index (χ3n) is 6.46. The second kappa shape index (κ2) is 8.69. The molecule has 1 saturated carbocycles. The molecular weight excluding hydrogens is 446 g/mol. The first-order valence-corrected chi connectivity index (χ1v) is 11.1. The van der Waals surface area contributed by atoms with Crippen molar-refractivity contribution in [2.75, 3.05) is 18.8 Å². The molecule has 174 valence electrons. The fraction of sp³-hybridized carbons (Fsp3) is 0.391. The molecule has 0 radical (unpaired) electrons. The highest BCUT2D eigenvalue weighted by Gasteiger charge is 2.54. The van der Waals surface area contributed by atoms with E-state index in [9.17, 15) is 15.0 Å². The van der Waals surface area contributed by atoms with Crippen LogP contribution in [0.2, 0.25) is 0 Å². The van der Waals surface area contributed by atoms with E-state index in [-0.39, 0.29) is 25.7 Å². The molecule has 4 N–H and O–H groups in total. The lowest BCUT2D eigenvalue weighted by atomic mass is 9.77. The predicted octanol–water partition coefficient (Wildman–Crippen LogP) is 0.914. The van der Waals surface area contributed by atoms with Crippen molar-refractivity contribution in [3.8, 4) is 17.2 Å². The number of nitrogens with one attached hydrogen (secondary N) is 2. The van der Waals surface area contributed by atoms with Gasteiger partial charge in [-0.15, -0.1) is 0 Å². The van der Waals surface area contributed by atoms with Gasteiger partial charge in [-0.2, -0.15) is 0 Å². The molecule has 10 heteroatoms. The van der Waals surface area contributed by atoms with E-state index in [1.165, 1.54) is 0 Å². The standard InChI is InChI=1S/C23H25N3O6S/c1-30-16-5-3-2-4-12(16)10-24-22(29)14-9-15(27)21(28)19-20(14)26(23(33)25-19)13-6-7-17-18(8-13)32-11-31-17/h2-8,14-15,19-21,27-28H,9-11H2,1H3,(H,24,29)(H,25,33). The Kier molecular flexibility index (Phi) is 5.73. The van der Waals surface area contributed by atoms with Gasteiger partial charge in [0.1, 0.15) is 11.9 Å². The summed E-state index contributed by atoms with van der Waals surface area (Å²) < 4.78 is 16.3. The largest absolute Gasteiger partial charge is 0.496 e. The number of nitrogens with zero attached hydrogens (tertiary/aromatic N) is 1. The number of aliphatic hydroxyl groups excluding tert-OH is 2. The molecule has 0 bridgehead atoms. The lowest BCUT2D eigenvalue weighted by Crippen LogP contribution is -2.60. The van der Waals surface area contributed by atoms with Crippen molar-refractivity contribution < 1.29 is 29.2 Å². The highest BCUT2D eigenvalue weighted by molar-refractivity contribution is 7.80. The smallest absolute Gasteiger partial charge is 0.231 e. The number of aliphatic hydroxyl groups is 2. The van der Waals surface area contributed by atoms with Gasteiger partial charge in [-0.05, 0) is 36.8 Å². The molecule has 3 aliphatic rings. The van der Waals surface area contributed by atoms with Crippen LogP contribution in [0.15, 0.2) is 42.5 Å². The molecule has 5 rings (SSSR count). The van der Waals surface area contributed by atoms with Crippen LogP contribution in [0, 0.1) is 5.92 Å². The third-order valence-corrected chi connectivity index (χ3v) is 6.78. The van der Waals surface area contributed by atoms with Crippen molar-refractivity contribution >= 4 is 28.9 Å². The van der Waals surface area contributed by atoms with Crippen molar-refractivity contribution in [1.82, 2.24) is 10.6 Å². The highest BCUT2D eigenvalue weighted by atomic mass is 32.1. The fourth-order valence-corrected chi connectivity index (χ4v) is 5.20. The lowest BCUT2D eigenvalue weighted by Gasteiger charge is -2.41. The first-order chi connectivity index (χ1) is 16.0. The lowest BCUT2D eigenvalue weighted by molar-refractivity contribution is -0.131. The quantitative estimate of drug-likeness (QED) is 0.473. The van der Waals surface area contributed by atoms with Crippen LogP contribution in [0.5, 0.6) is 17.2 Å². The first-order valence-electron chi connectivity index (χ1n) is 10.7. The number of hydrogen-bond acceptors (Lipinski definition) is 7. The maximum atomic E-state index is 13.3. The molecule has 0 aromatic heterocycles. The van der Waals surface area contributed by atoms with Crippen molar-refractivity contribution in [3.63, 3.8) is 0 Å². The topological polar surface area (TPSA) is 113 Å². The minimum atomic E-state index is -1.06. The van der Waals surface area contributed by atoms with Crippen LogP contribution in [-0.2, 0) is 11.3 Å². The average molecular weight is 472 g/mol. The summed E-state index contributed by atoms with van der Waals surface area (Å²) >= 11 is 5.57. The van der Waals surface area contributed by atoms with E-state index in [1.807, 2.05) is 35.2 Å². The number of rotatable bonds is 5. The Morgan fingerprint density at radius 3 is 2.85 bits per heavy atom. The molecule has 2 aliphatic heterocycles. The average Bonchev–Trinajstić information content (AvgIpc) is 3.43. The molecule has 5 unspecified atom stereocenters. The van der Waals surface area contributed by atoms with Crippen LogP contribution in [0.3, 0.4) is 0 Å². The summed E-state index contributed by atoms with van der Waals surface area (Å²) in [5.41, 5.74) is 1.56. The molecule has 1 aliphatic carbocycles. The summed E-state index contributed by atoms with van der Waals surface area (Å²) in [5.74, 6) is 1.05. The van der Waals surface area contributed by atoms with Gasteiger partial charge in [-0.25, -0.2) is 0 Å². The number of methoxy groups -OCH3 is 1. The van der Waals surface area contributed by atoms with Crippen molar-refractivity contribution in [2.24, 2.45) is 5.92 Å². The molecule has 1 saturated heterocycles. The number of thiocarbonyl (C=S) groups is 1. The van der Waals surface area contributed by atoms with E-state index in [0.29, 0.717) is 22.4 Å². The van der Waals surface area contributed by atoms with Crippen LogP contribution in [0.1, 0.15) is 12.0 Å². The van der Waals surface area contributed by atoms with Gasteiger partial charge in [0.05, 0.1) is 31.2 Å². The zero-order valence-corrected chi connectivity index (χ0v) is 18.7. The number of carbonyl (C=O) groups excluding carboxylic acids is 1. The fourth-order valence-electron chi connectivity index (χ4n) is 4.84. The molecule has 2 aromatic carbocycles. The third kappa shape index (κ3) is 3.84. The van der Waals surface area contributed by atoms with Gasteiger partial charge in [0.2, 0.25) is 12.7 Å².